The van der Waals surface area contributed by atoms with E-state index in [9.17, 15) is 14.4 Å². The third-order valence-corrected chi connectivity index (χ3v) is 3.55. The number of hydrogen-bond acceptors (Lipinski definition) is 5. The molecule has 0 bridgehead atoms. The molecular formula is C20H32N2O6. The third-order valence-electron chi connectivity index (χ3n) is 3.55. The van der Waals surface area contributed by atoms with Gasteiger partial charge in [-0.05, 0) is 39.2 Å². The van der Waals surface area contributed by atoms with Crippen LogP contribution in [0.15, 0.2) is 30.3 Å². The maximum absolute atomic E-state index is 11.6. The summed E-state index contributed by atoms with van der Waals surface area (Å²) in [6, 6.07) is 8.93. The van der Waals surface area contributed by atoms with E-state index >= 15 is 0 Å². The second-order valence-electron chi connectivity index (χ2n) is 7.64. The minimum atomic E-state index is -0.931. The molecule has 1 aromatic rings. The fourth-order valence-electron chi connectivity index (χ4n) is 2.19. The molecule has 8 nitrogen and oxygen atoms in total. The van der Waals surface area contributed by atoms with Gasteiger partial charge in [0.1, 0.15) is 12.2 Å². The summed E-state index contributed by atoms with van der Waals surface area (Å²) < 4.78 is 9.67. The lowest BCUT2D eigenvalue weighted by Gasteiger charge is -2.28. The second kappa shape index (κ2) is 11.8. The molecule has 0 fully saturated rings. The minimum absolute atomic E-state index is 0.0219. The number of rotatable bonds is 6. The predicted molar refractivity (Wildman–Crippen MR) is 106 cm³/mol. The van der Waals surface area contributed by atoms with Crippen LogP contribution in [0.3, 0.4) is 0 Å². The van der Waals surface area contributed by atoms with Gasteiger partial charge in [0.15, 0.2) is 0 Å². The van der Waals surface area contributed by atoms with Crippen LogP contribution in [0.2, 0.25) is 0 Å². The monoisotopic (exact) mass is 396 g/mol. The van der Waals surface area contributed by atoms with Crippen molar-refractivity contribution in [2.45, 2.75) is 59.8 Å². The molecule has 0 aliphatic heterocycles. The number of aliphatic carboxylic acids is 1. The smallest absolute Gasteiger partial charge is 0.407 e. The number of nitrogens with one attached hydrogen (secondary N) is 1. The molecule has 1 rings (SSSR count). The van der Waals surface area contributed by atoms with Crippen LogP contribution in [0, 0.1) is 11.8 Å². The van der Waals surface area contributed by atoms with Crippen molar-refractivity contribution in [3.63, 3.8) is 0 Å². The van der Waals surface area contributed by atoms with E-state index < -0.39 is 35.7 Å². The largest absolute Gasteiger partial charge is 0.481 e. The van der Waals surface area contributed by atoms with Crippen molar-refractivity contribution in [1.82, 2.24) is 5.32 Å². The highest BCUT2D eigenvalue weighted by Crippen LogP contribution is 2.14. The van der Waals surface area contributed by atoms with E-state index in [2.05, 4.69) is 10.1 Å². The second-order valence-corrected chi connectivity index (χ2v) is 7.64. The number of primary amides is 1. The Labute approximate surface area is 166 Å². The van der Waals surface area contributed by atoms with Gasteiger partial charge in [0.05, 0.1) is 5.92 Å². The Morgan fingerprint density at radius 3 is 2.04 bits per heavy atom. The van der Waals surface area contributed by atoms with Crippen LogP contribution >= 0.6 is 0 Å². The van der Waals surface area contributed by atoms with Crippen molar-refractivity contribution in [3.8, 4) is 0 Å². The summed E-state index contributed by atoms with van der Waals surface area (Å²) >= 11 is 0. The molecule has 4 N–H and O–H groups in total. The molecule has 0 aliphatic rings. The number of carboxylic acids is 1. The third kappa shape index (κ3) is 11.8. The van der Waals surface area contributed by atoms with Crippen LogP contribution in [-0.4, -0.2) is 34.9 Å². The number of hydrogen-bond donors (Lipinski definition) is 3. The van der Waals surface area contributed by atoms with E-state index in [0.717, 1.165) is 5.56 Å². The Morgan fingerprint density at radius 2 is 1.64 bits per heavy atom. The highest BCUT2D eigenvalue weighted by molar-refractivity contribution is 5.73. The van der Waals surface area contributed by atoms with Crippen molar-refractivity contribution in [3.05, 3.63) is 35.9 Å². The predicted octanol–water partition coefficient (Wildman–Crippen LogP) is 3.54. The normalized spacial score (nSPS) is 12.8. The number of alkyl carbamates (subject to hydrolysis) is 1. The molecule has 1 aromatic carbocycles. The molecule has 0 spiro atoms. The Morgan fingerprint density at radius 1 is 1.11 bits per heavy atom. The van der Waals surface area contributed by atoms with E-state index in [4.69, 9.17) is 15.6 Å². The SMILES string of the molecule is CC(C)C(NC(=O)OC(C)(C)C)C(C)C(=O)O.NC(=O)OCc1ccccc1. The topological polar surface area (TPSA) is 128 Å². The molecule has 2 unspecified atom stereocenters. The van der Waals surface area contributed by atoms with Crippen LogP contribution in [0.25, 0.3) is 0 Å². The van der Waals surface area contributed by atoms with E-state index in [-0.39, 0.29) is 12.5 Å². The van der Waals surface area contributed by atoms with Crippen LogP contribution in [0.1, 0.15) is 47.1 Å². The maximum atomic E-state index is 11.6. The highest BCUT2D eigenvalue weighted by Gasteiger charge is 2.29. The van der Waals surface area contributed by atoms with Crippen molar-refractivity contribution >= 4 is 18.2 Å². The summed E-state index contributed by atoms with van der Waals surface area (Å²) in [5.74, 6) is -1.56. The average Bonchev–Trinajstić information content (AvgIpc) is 2.57. The maximum Gasteiger partial charge on any atom is 0.407 e. The zero-order chi connectivity index (χ0) is 21.9. The van der Waals surface area contributed by atoms with Crippen LogP contribution < -0.4 is 11.1 Å². The van der Waals surface area contributed by atoms with Gasteiger partial charge < -0.3 is 25.6 Å². The number of ether oxygens (including phenoxy) is 2. The number of carboxylic acid groups (broad SMARTS) is 1. The molecule has 0 aliphatic carbocycles. The van der Waals surface area contributed by atoms with E-state index in [1.165, 1.54) is 0 Å². The van der Waals surface area contributed by atoms with Crippen molar-refractivity contribution in [2.75, 3.05) is 0 Å². The molecule has 158 valence electrons. The standard InChI is InChI=1S/C12H23NO4.C8H9NO2/c1-7(2)9(8(3)10(14)15)13-11(16)17-12(4,5)6;9-8(10)11-6-7-4-2-1-3-5-7/h7-9H,1-6H3,(H,13,16)(H,14,15);1-5H,6H2,(H2,9,10). The first kappa shape index (κ1) is 25.2. The summed E-state index contributed by atoms with van der Waals surface area (Å²) in [6.45, 7) is 10.8. The lowest BCUT2D eigenvalue weighted by molar-refractivity contribution is -0.142. The van der Waals surface area contributed by atoms with Gasteiger partial charge >= 0.3 is 18.2 Å². The van der Waals surface area contributed by atoms with Gasteiger partial charge in [-0.1, -0.05) is 44.2 Å². The van der Waals surface area contributed by atoms with Gasteiger partial charge in [-0.25, -0.2) is 9.59 Å². The Bertz CT molecular complexity index is 625. The van der Waals surface area contributed by atoms with Gasteiger partial charge in [0.25, 0.3) is 0 Å². The first-order valence-corrected chi connectivity index (χ1v) is 9.02. The number of carbonyl (C=O) groups excluding carboxylic acids is 2. The first-order valence-electron chi connectivity index (χ1n) is 9.02. The summed E-state index contributed by atoms with van der Waals surface area (Å²) in [6.07, 6.45) is -1.32. The van der Waals surface area contributed by atoms with Crippen LogP contribution in [0.5, 0.6) is 0 Å². The molecule has 8 heteroatoms. The van der Waals surface area contributed by atoms with Crippen molar-refractivity contribution in [2.24, 2.45) is 17.6 Å². The molecular weight excluding hydrogens is 364 g/mol. The van der Waals surface area contributed by atoms with Gasteiger partial charge in [-0.2, -0.15) is 0 Å². The molecule has 0 saturated carbocycles. The summed E-state index contributed by atoms with van der Waals surface area (Å²) in [7, 11) is 0. The number of benzene rings is 1. The first-order chi connectivity index (χ1) is 12.8. The van der Waals surface area contributed by atoms with E-state index in [1.54, 1.807) is 27.7 Å². The lowest BCUT2D eigenvalue weighted by Crippen LogP contribution is -2.47. The van der Waals surface area contributed by atoms with Gasteiger partial charge in [0, 0.05) is 6.04 Å². The van der Waals surface area contributed by atoms with Crippen molar-refractivity contribution in [1.29, 1.82) is 0 Å². The zero-order valence-electron chi connectivity index (χ0n) is 17.4. The fourth-order valence-corrected chi connectivity index (χ4v) is 2.19. The molecule has 28 heavy (non-hydrogen) atoms. The number of carbonyl (C=O) groups is 3. The van der Waals surface area contributed by atoms with Gasteiger partial charge in [0.2, 0.25) is 0 Å². The molecule has 2 amide bonds. The molecule has 0 heterocycles. The molecule has 0 aromatic heterocycles. The number of amides is 2. The lowest BCUT2D eigenvalue weighted by atomic mass is 9.92. The van der Waals surface area contributed by atoms with Gasteiger partial charge in [-0.15, -0.1) is 0 Å². The van der Waals surface area contributed by atoms with Crippen LogP contribution in [0.4, 0.5) is 9.59 Å². The number of nitrogens with two attached hydrogens (primary N) is 1. The Balaban J connectivity index is 0.000000567. The fraction of sp³-hybridized carbons (Fsp3) is 0.550. The zero-order valence-corrected chi connectivity index (χ0v) is 17.4. The van der Waals surface area contributed by atoms with Crippen molar-refractivity contribution < 1.29 is 29.0 Å². The van der Waals surface area contributed by atoms with E-state index in [1.807, 2.05) is 44.2 Å². The Hall–Kier alpha value is -2.77. The quantitative estimate of drug-likeness (QED) is 0.675. The Kier molecular flexibility index (Phi) is 10.7. The average molecular weight is 396 g/mol. The summed E-state index contributed by atoms with van der Waals surface area (Å²) in [4.78, 5) is 32.7. The highest BCUT2D eigenvalue weighted by atomic mass is 16.6. The minimum Gasteiger partial charge on any atom is -0.481 e. The summed E-state index contributed by atoms with van der Waals surface area (Å²) in [5, 5.41) is 11.6. The van der Waals surface area contributed by atoms with Crippen LogP contribution in [-0.2, 0) is 20.9 Å². The van der Waals surface area contributed by atoms with E-state index in [0.29, 0.717) is 0 Å². The molecule has 0 saturated heterocycles. The molecule has 2 atom stereocenters. The summed E-state index contributed by atoms with van der Waals surface area (Å²) in [5.41, 5.74) is 5.13. The van der Waals surface area contributed by atoms with Gasteiger partial charge in [-0.3, -0.25) is 4.79 Å². The molecule has 0 radical (unpaired) electrons.